The first-order valence-corrected chi connectivity index (χ1v) is 6.34. The van der Waals surface area contributed by atoms with E-state index in [1.807, 2.05) is 0 Å². The molecule has 19 heavy (non-hydrogen) atoms. The molecule has 0 fully saturated rings. The van der Waals surface area contributed by atoms with E-state index in [0.717, 1.165) is 11.1 Å². The van der Waals surface area contributed by atoms with Gasteiger partial charge in [-0.25, -0.2) is 8.78 Å². The first kappa shape index (κ1) is 14.0. The topological polar surface area (TPSA) is 12.0 Å². The van der Waals surface area contributed by atoms with E-state index in [4.69, 9.17) is 11.6 Å². The van der Waals surface area contributed by atoms with Crippen LogP contribution in [0, 0.1) is 11.6 Å². The molecule has 0 aromatic heterocycles. The molecule has 0 radical (unpaired) electrons. The van der Waals surface area contributed by atoms with Gasteiger partial charge in [-0.2, -0.15) is 0 Å². The molecule has 2 rings (SSSR count). The number of hydrogen-bond acceptors (Lipinski definition) is 1. The molecule has 0 saturated carbocycles. The summed E-state index contributed by atoms with van der Waals surface area (Å²) in [7, 11) is 1.81. The monoisotopic (exact) mass is 281 g/mol. The van der Waals surface area contributed by atoms with E-state index in [9.17, 15) is 8.78 Å². The van der Waals surface area contributed by atoms with Crippen molar-refractivity contribution in [2.24, 2.45) is 0 Å². The van der Waals surface area contributed by atoms with Crippen molar-refractivity contribution < 1.29 is 8.78 Å². The summed E-state index contributed by atoms with van der Waals surface area (Å²) in [6, 6.07) is 10.5. The summed E-state index contributed by atoms with van der Waals surface area (Å²) in [5.41, 5.74) is 1.66. The Kier molecular flexibility index (Phi) is 4.51. The van der Waals surface area contributed by atoms with Crippen molar-refractivity contribution in [3.05, 3.63) is 70.2 Å². The van der Waals surface area contributed by atoms with E-state index in [1.54, 1.807) is 25.2 Å². The van der Waals surface area contributed by atoms with E-state index in [0.29, 0.717) is 11.4 Å². The number of halogens is 3. The van der Waals surface area contributed by atoms with Gasteiger partial charge in [-0.1, -0.05) is 23.7 Å². The lowest BCUT2D eigenvalue weighted by molar-refractivity contribution is 0.580. The van der Waals surface area contributed by atoms with Crippen molar-refractivity contribution in [2.45, 2.75) is 12.5 Å². The summed E-state index contributed by atoms with van der Waals surface area (Å²) in [4.78, 5) is 0. The van der Waals surface area contributed by atoms with Gasteiger partial charge in [-0.15, -0.1) is 0 Å². The van der Waals surface area contributed by atoms with Crippen LogP contribution in [0.15, 0.2) is 42.5 Å². The van der Waals surface area contributed by atoms with Crippen LogP contribution in [0.2, 0.25) is 5.02 Å². The minimum atomic E-state index is -0.312. The zero-order valence-electron chi connectivity index (χ0n) is 10.5. The summed E-state index contributed by atoms with van der Waals surface area (Å²) >= 11 is 6.06. The van der Waals surface area contributed by atoms with Crippen LogP contribution in [0.25, 0.3) is 0 Å². The molecule has 2 aromatic carbocycles. The molecule has 4 heteroatoms. The lowest BCUT2D eigenvalue weighted by Crippen LogP contribution is -2.19. The van der Waals surface area contributed by atoms with Gasteiger partial charge in [0.05, 0.1) is 0 Å². The van der Waals surface area contributed by atoms with E-state index in [-0.39, 0.29) is 17.7 Å². The summed E-state index contributed by atoms with van der Waals surface area (Å²) < 4.78 is 26.1. The normalized spacial score (nSPS) is 12.4. The summed E-state index contributed by atoms with van der Waals surface area (Å²) in [6.07, 6.45) is 0.540. The fourth-order valence-corrected chi connectivity index (χ4v) is 2.20. The standard InChI is InChI=1S/C15H14ClF2N/c1-19-15(10-2-4-12(17)5-3-10)9-11-8-13(18)6-7-14(11)16/h2-8,15,19H,9H2,1H3. The van der Waals surface area contributed by atoms with Crippen LogP contribution in [-0.2, 0) is 6.42 Å². The first-order valence-electron chi connectivity index (χ1n) is 5.97. The van der Waals surface area contributed by atoms with Crippen molar-refractivity contribution >= 4 is 11.6 Å². The molecule has 0 saturated heterocycles. The molecule has 0 spiro atoms. The summed E-state index contributed by atoms with van der Waals surface area (Å²) in [5, 5.41) is 3.66. The SMILES string of the molecule is CNC(Cc1cc(F)ccc1Cl)c1ccc(F)cc1. The number of hydrogen-bond donors (Lipinski definition) is 1. The molecule has 1 N–H and O–H groups in total. The Hall–Kier alpha value is -1.45. The zero-order chi connectivity index (χ0) is 13.8. The third-order valence-electron chi connectivity index (χ3n) is 3.05. The molecule has 2 aromatic rings. The maximum Gasteiger partial charge on any atom is 0.123 e. The molecule has 0 heterocycles. The van der Waals surface area contributed by atoms with Crippen molar-refractivity contribution in [1.82, 2.24) is 5.32 Å². The maximum atomic E-state index is 13.2. The number of likely N-dealkylation sites (N-methyl/N-ethyl adjacent to an activating group) is 1. The average molecular weight is 282 g/mol. The van der Waals surface area contributed by atoms with Crippen LogP contribution in [0.5, 0.6) is 0 Å². The zero-order valence-corrected chi connectivity index (χ0v) is 11.2. The van der Waals surface area contributed by atoms with Gasteiger partial charge in [0.15, 0.2) is 0 Å². The van der Waals surface area contributed by atoms with E-state index in [1.165, 1.54) is 24.3 Å². The molecule has 1 atom stereocenters. The van der Waals surface area contributed by atoms with Gasteiger partial charge >= 0.3 is 0 Å². The van der Waals surface area contributed by atoms with Gasteiger partial charge in [0.1, 0.15) is 11.6 Å². The fourth-order valence-electron chi connectivity index (χ4n) is 2.00. The number of nitrogens with one attached hydrogen (secondary N) is 1. The van der Waals surface area contributed by atoms with Gasteiger partial charge in [0.25, 0.3) is 0 Å². The molecule has 1 nitrogen and oxygen atoms in total. The predicted molar refractivity (Wildman–Crippen MR) is 73.3 cm³/mol. The Morgan fingerprint density at radius 3 is 2.32 bits per heavy atom. The Morgan fingerprint density at radius 1 is 1.05 bits per heavy atom. The van der Waals surface area contributed by atoms with Crippen molar-refractivity contribution in [1.29, 1.82) is 0 Å². The van der Waals surface area contributed by atoms with Crippen molar-refractivity contribution in [3.8, 4) is 0 Å². The summed E-state index contributed by atoms with van der Waals surface area (Å²) in [5.74, 6) is -0.587. The largest absolute Gasteiger partial charge is 0.313 e. The highest BCUT2D eigenvalue weighted by Crippen LogP contribution is 2.24. The smallest absolute Gasteiger partial charge is 0.123 e. The quantitative estimate of drug-likeness (QED) is 0.889. The molecular weight excluding hydrogens is 268 g/mol. The van der Waals surface area contributed by atoms with Gasteiger partial charge in [-0.05, 0) is 54.9 Å². The third-order valence-corrected chi connectivity index (χ3v) is 3.42. The highest BCUT2D eigenvalue weighted by atomic mass is 35.5. The second-order valence-corrected chi connectivity index (χ2v) is 4.74. The van der Waals surface area contributed by atoms with E-state index < -0.39 is 0 Å². The van der Waals surface area contributed by atoms with E-state index in [2.05, 4.69) is 5.32 Å². The highest BCUT2D eigenvalue weighted by Gasteiger charge is 2.13. The van der Waals surface area contributed by atoms with Gasteiger partial charge in [-0.3, -0.25) is 0 Å². The van der Waals surface area contributed by atoms with Crippen LogP contribution in [-0.4, -0.2) is 7.05 Å². The molecule has 1 unspecified atom stereocenters. The predicted octanol–water partition coefficient (Wildman–Crippen LogP) is 4.12. The molecule has 0 amide bonds. The van der Waals surface area contributed by atoms with Crippen LogP contribution >= 0.6 is 11.6 Å². The van der Waals surface area contributed by atoms with Gasteiger partial charge < -0.3 is 5.32 Å². The van der Waals surface area contributed by atoms with Crippen molar-refractivity contribution in [3.63, 3.8) is 0 Å². The Morgan fingerprint density at radius 2 is 1.68 bits per heavy atom. The van der Waals surface area contributed by atoms with E-state index >= 15 is 0 Å². The van der Waals surface area contributed by atoms with Gasteiger partial charge in [0.2, 0.25) is 0 Å². The van der Waals surface area contributed by atoms with Crippen LogP contribution < -0.4 is 5.32 Å². The summed E-state index contributed by atoms with van der Waals surface area (Å²) in [6.45, 7) is 0. The first-order chi connectivity index (χ1) is 9.10. The molecule has 0 bridgehead atoms. The Labute approximate surface area is 116 Å². The average Bonchev–Trinajstić information content (AvgIpc) is 2.41. The van der Waals surface area contributed by atoms with Crippen LogP contribution in [0.1, 0.15) is 17.2 Å². The molecule has 0 aliphatic heterocycles. The highest BCUT2D eigenvalue weighted by molar-refractivity contribution is 6.31. The maximum absolute atomic E-state index is 13.2. The van der Waals surface area contributed by atoms with Crippen molar-refractivity contribution in [2.75, 3.05) is 7.05 Å². The molecule has 0 aliphatic carbocycles. The lowest BCUT2D eigenvalue weighted by atomic mass is 9.99. The van der Waals surface area contributed by atoms with Gasteiger partial charge in [0, 0.05) is 11.1 Å². The Bertz CT molecular complexity index is 555. The second-order valence-electron chi connectivity index (χ2n) is 4.33. The molecule has 0 aliphatic rings. The fraction of sp³-hybridized carbons (Fsp3) is 0.200. The minimum Gasteiger partial charge on any atom is -0.313 e. The number of rotatable bonds is 4. The molecular formula is C15H14ClF2N. The Balaban J connectivity index is 2.23. The minimum absolute atomic E-state index is 0.0418. The molecule has 100 valence electrons. The second kappa shape index (κ2) is 6.13. The van der Waals surface area contributed by atoms with Crippen LogP contribution in [0.4, 0.5) is 8.78 Å². The third kappa shape index (κ3) is 3.52. The number of benzene rings is 2. The lowest BCUT2D eigenvalue weighted by Gasteiger charge is -2.17. The van der Waals surface area contributed by atoms with Crippen LogP contribution in [0.3, 0.4) is 0 Å².